The summed E-state index contributed by atoms with van der Waals surface area (Å²) in [5.74, 6) is 2.84. The predicted octanol–water partition coefficient (Wildman–Crippen LogP) is 1.86. The van der Waals surface area contributed by atoms with Crippen LogP contribution in [-0.4, -0.2) is 62.6 Å². The molecule has 1 aliphatic rings. The van der Waals surface area contributed by atoms with E-state index in [0.29, 0.717) is 0 Å². The average Bonchev–Trinajstić information content (AvgIpc) is 2.82. The molecule has 0 aromatic rings. The van der Waals surface area contributed by atoms with Crippen LogP contribution in [0.25, 0.3) is 0 Å². The van der Waals surface area contributed by atoms with Crippen molar-refractivity contribution in [2.24, 2.45) is 10.9 Å². The lowest BCUT2D eigenvalue weighted by Gasteiger charge is -2.16. The fraction of sp³-hybridized carbons (Fsp3) is 0.923. The summed E-state index contributed by atoms with van der Waals surface area (Å²) < 4.78 is 0. The van der Waals surface area contributed by atoms with Crippen molar-refractivity contribution in [2.45, 2.75) is 19.8 Å². The molecule has 1 aliphatic heterocycles. The van der Waals surface area contributed by atoms with Crippen molar-refractivity contribution in [3.63, 3.8) is 0 Å². The number of halogens is 1. The molecule has 0 aromatic carbocycles. The fourth-order valence-corrected chi connectivity index (χ4v) is 2.64. The second kappa shape index (κ2) is 12.1. The van der Waals surface area contributed by atoms with E-state index in [-0.39, 0.29) is 24.0 Å². The Kier molecular flexibility index (Phi) is 12.3. The molecule has 0 amide bonds. The standard InChI is InChI=1S/C13H28N4S.HI/c1-4-7-17-8-5-12(11-17)10-16-13(14-2)15-6-9-18-3;/h12H,4-11H2,1-3H3,(H2,14,15,16);1H. The summed E-state index contributed by atoms with van der Waals surface area (Å²) in [6.07, 6.45) is 4.70. The number of hydrogen-bond acceptors (Lipinski definition) is 3. The van der Waals surface area contributed by atoms with Crippen molar-refractivity contribution in [1.29, 1.82) is 0 Å². The number of nitrogens with one attached hydrogen (secondary N) is 2. The molecule has 0 aliphatic carbocycles. The molecule has 1 atom stereocenters. The average molecular weight is 400 g/mol. The van der Waals surface area contributed by atoms with E-state index in [1.54, 1.807) is 0 Å². The number of guanidine groups is 1. The zero-order valence-corrected chi connectivity index (χ0v) is 15.6. The smallest absolute Gasteiger partial charge is 0.191 e. The quantitative estimate of drug-likeness (QED) is 0.296. The SMILES string of the molecule is CCCN1CCC(CNC(=NC)NCCSC)C1.I. The minimum absolute atomic E-state index is 0. The molecule has 114 valence electrons. The topological polar surface area (TPSA) is 39.7 Å². The van der Waals surface area contributed by atoms with Gasteiger partial charge >= 0.3 is 0 Å². The van der Waals surface area contributed by atoms with Gasteiger partial charge in [-0.3, -0.25) is 4.99 Å². The van der Waals surface area contributed by atoms with Crippen molar-refractivity contribution in [3.05, 3.63) is 0 Å². The van der Waals surface area contributed by atoms with Gasteiger partial charge in [-0.15, -0.1) is 24.0 Å². The van der Waals surface area contributed by atoms with E-state index in [1.807, 2.05) is 18.8 Å². The Hall–Kier alpha value is 0.310. The molecule has 1 rings (SSSR count). The molecule has 19 heavy (non-hydrogen) atoms. The van der Waals surface area contributed by atoms with Crippen LogP contribution < -0.4 is 10.6 Å². The summed E-state index contributed by atoms with van der Waals surface area (Å²) in [6, 6.07) is 0. The van der Waals surface area contributed by atoms with Crippen LogP contribution in [-0.2, 0) is 0 Å². The van der Waals surface area contributed by atoms with Crippen molar-refractivity contribution in [1.82, 2.24) is 15.5 Å². The van der Waals surface area contributed by atoms with E-state index in [0.717, 1.165) is 30.7 Å². The molecule has 0 saturated carbocycles. The van der Waals surface area contributed by atoms with Gasteiger partial charge in [0.1, 0.15) is 0 Å². The third-order valence-electron chi connectivity index (χ3n) is 3.29. The first kappa shape index (κ1) is 19.3. The number of aliphatic imine (C=N–C) groups is 1. The molecule has 0 aromatic heterocycles. The third kappa shape index (κ3) is 8.24. The maximum atomic E-state index is 4.25. The minimum atomic E-state index is 0. The maximum Gasteiger partial charge on any atom is 0.191 e. The molecule has 4 nitrogen and oxygen atoms in total. The Bertz CT molecular complexity index is 251. The van der Waals surface area contributed by atoms with Crippen LogP contribution in [0.2, 0.25) is 0 Å². The van der Waals surface area contributed by atoms with Crippen molar-refractivity contribution in [3.8, 4) is 0 Å². The minimum Gasteiger partial charge on any atom is -0.356 e. The Morgan fingerprint density at radius 3 is 2.84 bits per heavy atom. The number of hydrogen-bond donors (Lipinski definition) is 2. The lowest BCUT2D eigenvalue weighted by Crippen LogP contribution is -2.41. The first-order valence-electron chi connectivity index (χ1n) is 6.96. The van der Waals surface area contributed by atoms with Gasteiger partial charge in [-0.1, -0.05) is 6.92 Å². The van der Waals surface area contributed by atoms with Crippen LogP contribution in [0.15, 0.2) is 4.99 Å². The van der Waals surface area contributed by atoms with E-state index in [1.165, 1.54) is 32.5 Å². The lowest BCUT2D eigenvalue weighted by atomic mass is 10.1. The van der Waals surface area contributed by atoms with Gasteiger partial charge in [-0.2, -0.15) is 11.8 Å². The highest BCUT2D eigenvalue weighted by Crippen LogP contribution is 2.15. The van der Waals surface area contributed by atoms with Gasteiger partial charge in [0, 0.05) is 32.4 Å². The van der Waals surface area contributed by atoms with Crippen LogP contribution in [0.1, 0.15) is 19.8 Å². The normalized spacial score (nSPS) is 20.2. The van der Waals surface area contributed by atoms with Crippen LogP contribution in [0, 0.1) is 5.92 Å². The zero-order chi connectivity index (χ0) is 13.2. The second-order valence-electron chi connectivity index (χ2n) is 4.83. The van der Waals surface area contributed by atoms with Gasteiger partial charge in [0.2, 0.25) is 0 Å². The Morgan fingerprint density at radius 1 is 1.42 bits per heavy atom. The Balaban J connectivity index is 0.00000324. The molecule has 1 fully saturated rings. The first-order valence-corrected chi connectivity index (χ1v) is 8.35. The van der Waals surface area contributed by atoms with Crippen molar-refractivity contribution < 1.29 is 0 Å². The second-order valence-corrected chi connectivity index (χ2v) is 5.81. The molecule has 1 saturated heterocycles. The van der Waals surface area contributed by atoms with E-state index in [9.17, 15) is 0 Å². The van der Waals surface area contributed by atoms with Gasteiger partial charge in [0.25, 0.3) is 0 Å². The summed E-state index contributed by atoms with van der Waals surface area (Å²) in [4.78, 5) is 6.81. The van der Waals surface area contributed by atoms with Gasteiger partial charge in [-0.05, 0) is 38.1 Å². The van der Waals surface area contributed by atoms with E-state index < -0.39 is 0 Å². The van der Waals surface area contributed by atoms with E-state index in [4.69, 9.17) is 0 Å². The number of likely N-dealkylation sites (tertiary alicyclic amines) is 1. The van der Waals surface area contributed by atoms with Gasteiger partial charge in [-0.25, -0.2) is 0 Å². The zero-order valence-electron chi connectivity index (χ0n) is 12.4. The molecule has 0 bridgehead atoms. The molecular weight excluding hydrogens is 371 g/mol. The highest BCUT2D eigenvalue weighted by molar-refractivity contribution is 14.0. The molecular formula is C13H29IN4S. The Labute approximate surface area is 139 Å². The monoisotopic (exact) mass is 400 g/mol. The van der Waals surface area contributed by atoms with Gasteiger partial charge in [0.15, 0.2) is 5.96 Å². The summed E-state index contributed by atoms with van der Waals surface area (Å²) in [6.45, 7) is 8.02. The van der Waals surface area contributed by atoms with Crippen LogP contribution in [0.3, 0.4) is 0 Å². The molecule has 1 heterocycles. The lowest BCUT2D eigenvalue weighted by molar-refractivity contribution is 0.324. The van der Waals surface area contributed by atoms with E-state index >= 15 is 0 Å². The summed E-state index contributed by atoms with van der Waals surface area (Å²) >= 11 is 1.85. The van der Waals surface area contributed by atoms with Crippen LogP contribution >= 0.6 is 35.7 Å². The first-order chi connectivity index (χ1) is 8.80. The summed E-state index contributed by atoms with van der Waals surface area (Å²) in [5.41, 5.74) is 0. The van der Waals surface area contributed by atoms with Gasteiger partial charge in [0.05, 0.1) is 0 Å². The summed E-state index contributed by atoms with van der Waals surface area (Å²) in [7, 11) is 1.84. The van der Waals surface area contributed by atoms with Crippen LogP contribution in [0.4, 0.5) is 0 Å². The largest absolute Gasteiger partial charge is 0.356 e. The number of rotatable bonds is 7. The molecule has 0 radical (unpaired) electrons. The highest BCUT2D eigenvalue weighted by Gasteiger charge is 2.21. The Morgan fingerprint density at radius 2 is 2.21 bits per heavy atom. The van der Waals surface area contributed by atoms with Crippen molar-refractivity contribution >= 4 is 41.7 Å². The third-order valence-corrected chi connectivity index (χ3v) is 3.90. The summed E-state index contributed by atoms with van der Waals surface area (Å²) in [5, 5.41) is 6.77. The molecule has 1 unspecified atom stereocenters. The van der Waals surface area contributed by atoms with Crippen LogP contribution in [0.5, 0.6) is 0 Å². The molecule has 2 N–H and O–H groups in total. The number of nitrogens with zero attached hydrogens (tertiary/aromatic N) is 2. The van der Waals surface area contributed by atoms with Crippen molar-refractivity contribution in [2.75, 3.05) is 51.8 Å². The van der Waals surface area contributed by atoms with Gasteiger partial charge < -0.3 is 15.5 Å². The maximum absolute atomic E-state index is 4.25. The molecule has 0 spiro atoms. The fourth-order valence-electron chi connectivity index (χ4n) is 2.33. The number of thioether (sulfide) groups is 1. The van der Waals surface area contributed by atoms with E-state index in [2.05, 4.69) is 33.7 Å². The highest BCUT2D eigenvalue weighted by atomic mass is 127. The predicted molar refractivity (Wildman–Crippen MR) is 98.0 cm³/mol. The molecule has 6 heteroatoms.